The molecule has 0 bridgehead atoms. The van der Waals surface area contributed by atoms with Gasteiger partial charge >= 0.3 is 0 Å². The average molecular weight is 356 g/mol. The van der Waals surface area contributed by atoms with Crippen LogP contribution in [0, 0.1) is 10.1 Å². The number of amides is 2. The van der Waals surface area contributed by atoms with Gasteiger partial charge in [0, 0.05) is 29.8 Å². The van der Waals surface area contributed by atoms with Crippen molar-refractivity contribution in [1.82, 2.24) is 5.32 Å². The molecule has 1 atom stereocenters. The number of benzene rings is 2. The molecule has 26 heavy (non-hydrogen) atoms. The Morgan fingerprint density at radius 1 is 1.27 bits per heavy atom. The van der Waals surface area contributed by atoms with Gasteiger partial charge in [0.2, 0.25) is 5.91 Å². The summed E-state index contributed by atoms with van der Waals surface area (Å²) >= 11 is 0. The number of carbonyl (C=O) groups excluding carboxylic acids is 2. The van der Waals surface area contributed by atoms with Gasteiger partial charge in [0.15, 0.2) is 0 Å². The van der Waals surface area contributed by atoms with Crippen molar-refractivity contribution < 1.29 is 19.6 Å². The molecular formula is C17H16N4O5. The predicted octanol–water partition coefficient (Wildman–Crippen LogP) is 1.25. The molecule has 1 aliphatic heterocycles. The van der Waals surface area contributed by atoms with Crippen molar-refractivity contribution in [2.75, 3.05) is 17.2 Å². The highest BCUT2D eigenvalue weighted by Gasteiger charge is 2.28. The number of non-ortho nitro benzene ring substituents is 1. The minimum absolute atomic E-state index is 0.0127. The van der Waals surface area contributed by atoms with Crippen molar-refractivity contribution in [3.05, 3.63) is 63.7 Å². The summed E-state index contributed by atoms with van der Waals surface area (Å²) in [6, 6.07) is 10.2. The zero-order valence-corrected chi connectivity index (χ0v) is 13.6. The minimum Gasteiger partial charge on any atom is -0.394 e. The van der Waals surface area contributed by atoms with Crippen LogP contribution < -0.4 is 16.0 Å². The van der Waals surface area contributed by atoms with Crippen molar-refractivity contribution in [2.24, 2.45) is 0 Å². The van der Waals surface area contributed by atoms with Crippen LogP contribution in [0.1, 0.15) is 15.9 Å². The lowest BCUT2D eigenvalue weighted by Crippen LogP contribution is -2.42. The van der Waals surface area contributed by atoms with Gasteiger partial charge in [-0.3, -0.25) is 19.7 Å². The van der Waals surface area contributed by atoms with Crippen LogP contribution in [0.25, 0.3) is 0 Å². The maximum Gasteiger partial charge on any atom is 0.272 e. The highest BCUT2D eigenvalue weighted by molar-refractivity contribution is 6.04. The SMILES string of the molecule is O=C(NCc1cc([N+](=O)[O-])cc2c1NC(CO)C(=O)N2)c1ccccc1. The molecule has 0 aliphatic carbocycles. The third kappa shape index (κ3) is 3.47. The number of aliphatic hydroxyl groups is 1. The zero-order chi connectivity index (χ0) is 18.7. The fourth-order valence-electron chi connectivity index (χ4n) is 2.65. The summed E-state index contributed by atoms with van der Waals surface area (Å²) < 4.78 is 0. The van der Waals surface area contributed by atoms with Crippen molar-refractivity contribution in [3.63, 3.8) is 0 Å². The van der Waals surface area contributed by atoms with E-state index in [4.69, 9.17) is 0 Å². The van der Waals surface area contributed by atoms with Gasteiger partial charge in [-0.2, -0.15) is 0 Å². The Morgan fingerprint density at radius 3 is 2.65 bits per heavy atom. The maximum atomic E-state index is 12.2. The normalized spacial score (nSPS) is 15.4. The Balaban J connectivity index is 1.89. The van der Waals surface area contributed by atoms with Crippen LogP contribution in [0.4, 0.5) is 17.1 Å². The number of hydrogen-bond acceptors (Lipinski definition) is 6. The first-order valence-electron chi connectivity index (χ1n) is 7.82. The summed E-state index contributed by atoms with van der Waals surface area (Å²) in [4.78, 5) is 34.6. The third-order valence-corrected chi connectivity index (χ3v) is 3.97. The lowest BCUT2D eigenvalue weighted by atomic mass is 10.0. The van der Waals surface area contributed by atoms with Crippen LogP contribution in [0.3, 0.4) is 0 Å². The number of nitrogens with zero attached hydrogens (tertiary/aromatic N) is 1. The smallest absolute Gasteiger partial charge is 0.272 e. The van der Waals surface area contributed by atoms with E-state index in [1.165, 1.54) is 12.1 Å². The molecule has 2 aromatic rings. The molecule has 2 amide bonds. The van der Waals surface area contributed by atoms with Crippen LogP contribution in [0.5, 0.6) is 0 Å². The highest BCUT2D eigenvalue weighted by Crippen LogP contribution is 2.34. The van der Waals surface area contributed by atoms with Gasteiger partial charge in [-0.05, 0) is 12.1 Å². The Kier molecular flexibility index (Phi) is 4.81. The van der Waals surface area contributed by atoms with Gasteiger partial charge in [0.25, 0.3) is 11.6 Å². The van der Waals surface area contributed by atoms with Gasteiger partial charge in [-0.1, -0.05) is 18.2 Å². The second-order valence-corrected chi connectivity index (χ2v) is 5.70. The first kappa shape index (κ1) is 17.4. The van der Waals surface area contributed by atoms with Crippen molar-refractivity contribution in [2.45, 2.75) is 12.6 Å². The Bertz CT molecular complexity index is 869. The molecule has 0 spiro atoms. The summed E-state index contributed by atoms with van der Waals surface area (Å²) in [5.41, 5.74) is 1.34. The second kappa shape index (κ2) is 7.19. The van der Waals surface area contributed by atoms with Gasteiger partial charge in [-0.15, -0.1) is 0 Å². The number of nitro benzene ring substituents is 1. The number of hydrogen-bond donors (Lipinski definition) is 4. The van der Waals surface area contributed by atoms with E-state index in [0.29, 0.717) is 16.8 Å². The number of anilines is 2. The Labute approximate surface area is 148 Å². The second-order valence-electron chi connectivity index (χ2n) is 5.70. The molecule has 2 aromatic carbocycles. The first-order chi connectivity index (χ1) is 12.5. The van der Waals surface area contributed by atoms with Gasteiger partial charge in [0.05, 0.1) is 22.9 Å². The van der Waals surface area contributed by atoms with Gasteiger partial charge in [0.1, 0.15) is 6.04 Å². The molecule has 3 rings (SSSR count). The van der Waals surface area contributed by atoms with Crippen LogP contribution in [-0.2, 0) is 11.3 Å². The van der Waals surface area contributed by atoms with Crippen molar-refractivity contribution in [1.29, 1.82) is 0 Å². The van der Waals surface area contributed by atoms with E-state index < -0.39 is 23.5 Å². The van der Waals surface area contributed by atoms with E-state index >= 15 is 0 Å². The van der Waals surface area contributed by atoms with Crippen LogP contribution in [0.2, 0.25) is 0 Å². The van der Waals surface area contributed by atoms with E-state index in [1.54, 1.807) is 30.3 Å². The third-order valence-electron chi connectivity index (χ3n) is 3.97. The molecular weight excluding hydrogens is 340 g/mol. The summed E-state index contributed by atoms with van der Waals surface area (Å²) in [6.45, 7) is -0.420. The topological polar surface area (TPSA) is 134 Å². The number of nitro groups is 1. The molecule has 0 saturated carbocycles. The molecule has 0 fully saturated rings. The lowest BCUT2D eigenvalue weighted by molar-refractivity contribution is -0.384. The molecule has 1 unspecified atom stereocenters. The highest BCUT2D eigenvalue weighted by atomic mass is 16.6. The van der Waals surface area contributed by atoms with Gasteiger partial charge in [-0.25, -0.2) is 0 Å². The largest absolute Gasteiger partial charge is 0.394 e. The number of aliphatic hydroxyl groups excluding tert-OH is 1. The molecule has 9 heteroatoms. The fraction of sp³-hybridized carbons (Fsp3) is 0.176. The molecule has 1 aliphatic rings. The fourth-order valence-corrected chi connectivity index (χ4v) is 2.65. The molecule has 9 nitrogen and oxygen atoms in total. The monoisotopic (exact) mass is 356 g/mol. The molecule has 1 heterocycles. The predicted molar refractivity (Wildman–Crippen MR) is 93.8 cm³/mol. The van der Waals surface area contributed by atoms with Crippen LogP contribution in [-0.4, -0.2) is 34.5 Å². The van der Waals surface area contributed by atoms with Gasteiger partial charge < -0.3 is 21.1 Å². The van der Waals surface area contributed by atoms with Crippen LogP contribution >= 0.6 is 0 Å². The quantitative estimate of drug-likeness (QED) is 0.471. The average Bonchev–Trinajstić information content (AvgIpc) is 2.65. The van der Waals surface area contributed by atoms with E-state index in [-0.39, 0.29) is 23.8 Å². The van der Waals surface area contributed by atoms with Crippen molar-refractivity contribution in [3.8, 4) is 0 Å². The van der Waals surface area contributed by atoms with E-state index in [0.717, 1.165) is 0 Å². The number of rotatable bonds is 5. The molecule has 134 valence electrons. The standard InChI is InChI=1S/C17H16N4O5/c22-9-14-17(24)20-13-7-12(21(25)26)6-11(15(13)19-14)8-18-16(23)10-4-2-1-3-5-10/h1-7,14,19,22H,8-9H2,(H,18,23)(H,20,24). The summed E-state index contributed by atoms with van der Waals surface area (Å²) in [6.07, 6.45) is 0. The molecule has 4 N–H and O–H groups in total. The van der Waals surface area contributed by atoms with E-state index in [1.807, 2.05) is 0 Å². The summed E-state index contributed by atoms with van der Waals surface area (Å²) in [5, 5.41) is 28.5. The van der Waals surface area contributed by atoms with E-state index in [9.17, 15) is 24.8 Å². The summed E-state index contributed by atoms with van der Waals surface area (Å²) in [7, 11) is 0. The Morgan fingerprint density at radius 2 is 2.00 bits per heavy atom. The van der Waals surface area contributed by atoms with Crippen LogP contribution in [0.15, 0.2) is 42.5 Å². The summed E-state index contributed by atoms with van der Waals surface area (Å²) in [5.74, 6) is -0.816. The maximum absolute atomic E-state index is 12.2. The molecule has 0 radical (unpaired) electrons. The Hall–Kier alpha value is -3.46. The number of carbonyl (C=O) groups is 2. The molecule has 0 saturated heterocycles. The molecule has 0 aromatic heterocycles. The minimum atomic E-state index is -0.868. The van der Waals surface area contributed by atoms with Crippen molar-refractivity contribution >= 4 is 28.9 Å². The first-order valence-corrected chi connectivity index (χ1v) is 7.82. The zero-order valence-electron chi connectivity index (χ0n) is 13.6. The number of nitrogens with one attached hydrogen (secondary N) is 3. The van der Waals surface area contributed by atoms with E-state index in [2.05, 4.69) is 16.0 Å². The lowest BCUT2D eigenvalue weighted by Gasteiger charge is -2.27. The number of fused-ring (bicyclic) bond motifs is 1.